The first-order valence-corrected chi connectivity index (χ1v) is 14.6. The second-order valence-corrected chi connectivity index (χ2v) is 9.76. The van der Waals surface area contributed by atoms with Crippen LogP contribution in [0.15, 0.2) is 78.2 Å². The van der Waals surface area contributed by atoms with Crippen LogP contribution in [-0.2, 0) is 0 Å². The molecule has 0 aliphatic heterocycles. The van der Waals surface area contributed by atoms with Crippen molar-refractivity contribution >= 4 is 44.7 Å². The average Bonchev–Trinajstić information content (AvgIpc) is 3.70. The molecule has 0 amide bonds. The van der Waals surface area contributed by atoms with Crippen molar-refractivity contribution in [2.24, 2.45) is 0 Å². The molecule has 0 aliphatic rings. The molecular formula is C31H34N4O2S2. The molecule has 8 heteroatoms. The minimum Gasteiger partial charge on any atom is -0.479 e. The van der Waals surface area contributed by atoms with Crippen LogP contribution in [0.3, 0.4) is 0 Å². The third-order valence-electron chi connectivity index (χ3n) is 5.19. The predicted octanol–water partition coefficient (Wildman–Crippen LogP) is 9.09. The van der Waals surface area contributed by atoms with Crippen LogP contribution in [0.5, 0.6) is 11.8 Å². The lowest BCUT2D eigenvalue weighted by atomic mass is 10.2. The fraction of sp³-hybridized carbons (Fsp3) is 0.226. The van der Waals surface area contributed by atoms with Gasteiger partial charge in [-0.3, -0.25) is 0 Å². The van der Waals surface area contributed by atoms with Gasteiger partial charge in [0.05, 0.1) is 46.0 Å². The van der Waals surface area contributed by atoms with Gasteiger partial charge in [0.25, 0.3) is 0 Å². The zero-order valence-corrected chi connectivity index (χ0v) is 25.1. The number of thiophene rings is 2. The number of rotatable bonds is 4. The minimum absolute atomic E-state index is 0.575. The summed E-state index contributed by atoms with van der Waals surface area (Å²) in [5.74, 6) is 1.15. The lowest BCUT2D eigenvalue weighted by Crippen LogP contribution is -1.95. The van der Waals surface area contributed by atoms with Gasteiger partial charge in [-0.1, -0.05) is 58.0 Å². The molecule has 0 aliphatic carbocycles. The molecule has 6 aromatic rings. The zero-order chi connectivity index (χ0) is 28.2. The van der Waals surface area contributed by atoms with Crippen LogP contribution in [0.1, 0.15) is 32.6 Å². The summed E-state index contributed by atoms with van der Waals surface area (Å²) in [7, 11) is 3.25. The standard InChI is InChI=1S/C14H12N2OS.C13H10N2OS.2C2H6/c1-9-7-8-12(18-9)13-14(17-2)16-11-6-4-3-5-10(11)15-13;1-16-13-12(11-7-4-8-17-11)14-9-5-2-3-6-10(9)15-13;2*1-2/h3-8H,1-2H3;2-8H,1H3;2*1-2H3. The molecule has 6 nitrogen and oxygen atoms in total. The van der Waals surface area contributed by atoms with Crippen LogP contribution in [0.4, 0.5) is 0 Å². The monoisotopic (exact) mass is 558 g/mol. The highest BCUT2D eigenvalue weighted by molar-refractivity contribution is 7.15. The van der Waals surface area contributed by atoms with E-state index >= 15 is 0 Å². The lowest BCUT2D eigenvalue weighted by molar-refractivity contribution is 0.400. The summed E-state index contributed by atoms with van der Waals surface area (Å²) < 4.78 is 10.7. The summed E-state index contributed by atoms with van der Waals surface area (Å²) in [5.41, 5.74) is 5.10. The normalized spacial score (nSPS) is 9.92. The van der Waals surface area contributed by atoms with E-state index in [4.69, 9.17) is 9.47 Å². The van der Waals surface area contributed by atoms with Gasteiger partial charge in [-0.15, -0.1) is 22.7 Å². The van der Waals surface area contributed by atoms with Gasteiger partial charge in [-0.25, -0.2) is 19.9 Å². The highest BCUT2D eigenvalue weighted by atomic mass is 32.1. The van der Waals surface area contributed by atoms with E-state index in [1.807, 2.05) is 93.7 Å². The first kappa shape index (κ1) is 29.7. The molecule has 202 valence electrons. The molecule has 0 radical (unpaired) electrons. The highest BCUT2D eigenvalue weighted by Crippen LogP contribution is 2.33. The Kier molecular flexibility index (Phi) is 11.3. The Labute approximate surface area is 238 Å². The number of benzene rings is 2. The Morgan fingerprint density at radius 2 is 1.00 bits per heavy atom. The second kappa shape index (κ2) is 14.9. The topological polar surface area (TPSA) is 70.0 Å². The summed E-state index contributed by atoms with van der Waals surface area (Å²) >= 11 is 3.33. The molecule has 39 heavy (non-hydrogen) atoms. The van der Waals surface area contributed by atoms with Gasteiger partial charge in [0.15, 0.2) is 0 Å². The van der Waals surface area contributed by atoms with Crippen molar-refractivity contribution in [1.29, 1.82) is 0 Å². The third kappa shape index (κ3) is 7.16. The van der Waals surface area contributed by atoms with E-state index in [1.54, 1.807) is 36.9 Å². The van der Waals surface area contributed by atoms with Crippen LogP contribution < -0.4 is 9.47 Å². The Morgan fingerprint density at radius 3 is 1.38 bits per heavy atom. The lowest BCUT2D eigenvalue weighted by Gasteiger charge is -2.06. The average molecular weight is 559 g/mol. The van der Waals surface area contributed by atoms with Crippen LogP contribution in [0.25, 0.3) is 43.2 Å². The molecule has 4 heterocycles. The van der Waals surface area contributed by atoms with Crippen molar-refractivity contribution in [2.75, 3.05) is 14.2 Å². The molecular weight excluding hydrogens is 525 g/mol. The largest absolute Gasteiger partial charge is 0.479 e. The molecule has 4 aromatic heterocycles. The Hall–Kier alpha value is -3.88. The van der Waals surface area contributed by atoms with Gasteiger partial charge in [0, 0.05) is 4.88 Å². The second-order valence-electron chi connectivity index (χ2n) is 7.53. The first-order valence-electron chi connectivity index (χ1n) is 12.9. The molecule has 0 bridgehead atoms. The Morgan fingerprint density at radius 1 is 0.538 bits per heavy atom. The minimum atomic E-state index is 0.575. The van der Waals surface area contributed by atoms with Crippen molar-refractivity contribution in [3.63, 3.8) is 0 Å². The van der Waals surface area contributed by atoms with Crippen molar-refractivity contribution in [2.45, 2.75) is 34.6 Å². The highest BCUT2D eigenvalue weighted by Gasteiger charge is 2.13. The summed E-state index contributed by atoms with van der Waals surface area (Å²) in [5, 5.41) is 2.02. The maximum absolute atomic E-state index is 5.35. The molecule has 0 fully saturated rings. The van der Waals surface area contributed by atoms with E-state index < -0.39 is 0 Å². The number of hydrogen-bond donors (Lipinski definition) is 0. The number of ether oxygens (including phenoxy) is 2. The third-order valence-corrected chi connectivity index (χ3v) is 7.08. The van der Waals surface area contributed by atoms with E-state index in [0.717, 1.165) is 43.2 Å². The molecule has 0 atom stereocenters. The van der Waals surface area contributed by atoms with Crippen molar-refractivity contribution in [1.82, 2.24) is 19.9 Å². The summed E-state index contributed by atoms with van der Waals surface area (Å²) in [6, 6.07) is 23.8. The van der Waals surface area contributed by atoms with Gasteiger partial charge >= 0.3 is 0 Å². The summed E-state index contributed by atoms with van der Waals surface area (Å²) in [6.07, 6.45) is 0. The predicted molar refractivity (Wildman–Crippen MR) is 166 cm³/mol. The van der Waals surface area contributed by atoms with E-state index in [-0.39, 0.29) is 0 Å². The number of para-hydroxylation sites is 4. The van der Waals surface area contributed by atoms with E-state index in [9.17, 15) is 0 Å². The quantitative estimate of drug-likeness (QED) is 0.215. The number of aromatic nitrogens is 4. The molecule has 0 saturated carbocycles. The van der Waals surface area contributed by atoms with Gasteiger partial charge < -0.3 is 9.47 Å². The molecule has 0 N–H and O–H groups in total. The van der Waals surface area contributed by atoms with Crippen molar-refractivity contribution in [3.05, 3.63) is 83.1 Å². The molecule has 2 aromatic carbocycles. The SMILES string of the molecule is CC.CC.COc1nc2ccccc2nc1-c1ccc(C)s1.COc1nc2ccccc2nc1-c1cccs1. The first-order chi connectivity index (χ1) is 19.2. The molecule has 0 unspecified atom stereocenters. The maximum Gasteiger partial charge on any atom is 0.241 e. The smallest absolute Gasteiger partial charge is 0.241 e. The summed E-state index contributed by atoms with van der Waals surface area (Å²) in [6.45, 7) is 10.1. The number of aryl methyl sites for hydroxylation is 1. The van der Waals surface area contributed by atoms with Crippen LogP contribution in [0.2, 0.25) is 0 Å². The van der Waals surface area contributed by atoms with Gasteiger partial charge in [0.2, 0.25) is 11.8 Å². The number of methoxy groups -OCH3 is 2. The van der Waals surface area contributed by atoms with Gasteiger partial charge in [0.1, 0.15) is 11.4 Å². The molecule has 0 saturated heterocycles. The number of nitrogens with zero attached hydrogens (tertiary/aromatic N) is 4. The van der Waals surface area contributed by atoms with E-state index in [2.05, 4.69) is 39.0 Å². The van der Waals surface area contributed by atoms with E-state index in [1.165, 1.54) is 4.88 Å². The molecule has 0 spiro atoms. The molecule has 6 rings (SSSR count). The zero-order valence-electron chi connectivity index (χ0n) is 23.4. The van der Waals surface area contributed by atoms with Crippen LogP contribution in [-0.4, -0.2) is 34.2 Å². The van der Waals surface area contributed by atoms with Gasteiger partial charge in [-0.2, -0.15) is 0 Å². The van der Waals surface area contributed by atoms with Crippen molar-refractivity contribution in [3.8, 4) is 32.9 Å². The Bertz CT molecular complexity index is 1600. The fourth-order valence-corrected chi connectivity index (χ4v) is 5.10. The number of fused-ring (bicyclic) bond motifs is 2. The Balaban J connectivity index is 0.000000192. The van der Waals surface area contributed by atoms with Gasteiger partial charge in [-0.05, 0) is 54.8 Å². The van der Waals surface area contributed by atoms with Crippen LogP contribution in [0, 0.1) is 6.92 Å². The maximum atomic E-state index is 5.35. The van der Waals surface area contributed by atoms with Crippen LogP contribution >= 0.6 is 22.7 Å². The number of hydrogen-bond acceptors (Lipinski definition) is 8. The fourth-order valence-electron chi connectivity index (χ4n) is 3.55. The van der Waals surface area contributed by atoms with Crippen molar-refractivity contribution < 1.29 is 9.47 Å². The van der Waals surface area contributed by atoms with E-state index in [0.29, 0.717) is 11.8 Å². The summed E-state index contributed by atoms with van der Waals surface area (Å²) in [4.78, 5) is 21.6.